The van der Waals surface area contributed by atoms with Gasteiger partial charge in [-0.25, -0.2) is 0 Å². The molecule has 0 aliphatic heterocycles. The minimum absolute atomic E-state index is 0.120. The molecule has 72 valence electrons. The van der Waals surface area contributed by atoms with E-state index in [9.17, 15) is 5.11 Å². The van der Waals surface area contributed by atoms with Gasteiger partial charge in [0.15, 0.2) is 0 Å². The molecule has 3 N–H and O–H groups in total. The molecule has 3 nitrogen and oxygen atoms in total. The smallest absolute Gasteiger partial charge is 0.0555 e. The Labute approximate surface area is 73.8 Å². The highest BCUT2D eigenvalue weighted by atomic mass is 16.3. The fourth-order valence-electron chi connectivity index (χ4n) is 1.95. The monoisotopic (exact) mass is 173 g/mol. The van der Waals surface area contributed by atoms with Crippen molar-refractivity contribution >= 4 is 0 Å². The van der Waals surface area contributed by atoms with Gasteiger partial charge in [-0.05, 0) is 12.8 Å². The van der Waals surface area contributed by atoms with Gasteiger partial charge in [-0.1, -0.05) is 12.8 Å². The van der Waals surface area contributed by atoms with Gasteiger partial charge in [0.2, 0.25) is 0 Å². The van der Waals surface area contributed by atoms with Crippen LogP contribution in [0.15, 0.2) is 0 Å². The average molecular weight is 173 g/mol. The molecule has 0 atom stereocenters. The fourth-order valence-corrected chi connectivity index (χ4v) is 1.95. The minimum Gasteiger partial charge on any atom is -0.396 e. The first-order valence-electron chi connectivity index (χ1n) is 4.75. The van der Waals surface area contributed by atoms with Crippen molar-refractivity contribution in [3.8, 4) is 0 Å². The van der Waals surface area contributed by atoms with Crippen LogP contribution in [0.2, 0.25) is 0 Å². The summed E-state index contributed by atoms with van der Waals surface area (Å²) in [5.41, 5.74) is 0.120. The van der Waals surface area contributed by atoms with E-state index in [1.165, 1.54) is 12.8 Å². The molecule has 1 aliphatic carbocycles. The van der Waals surface area contributed by atoms with Gasteiger partial charge in [-0.3, -0.25) is 0 Å². The summed E-state index contributed by atoms with van der Waals surface area (Å²) in [5.74, 6) is 0. The molecule has 1 saturated carbocycles. The topological polar surface area (TPSA) is 52.5 Å². The van der Waals surface area contributed by atoms with E-state index in [1.54, 1.807) is 0 Å². The Bertz CT molecular complexity index is 122. The molecule has 0 amide bonds. The lowest BCUT2D eigenvalue weighted by atomic mass is 9.87. The molecule has 0 unspecified atom stereocenters. The predicted molar refractivity (Wildman–Crippen MR) is 47.9 cm³/mol. The maximum absolute atomic E-state index is 9.21. The van der Waals surface area contributed by atoms with Crippen molar-refractivity contribution in [3.05, 3.63) is 0 Å². The van der Waals surface area contributed by atoms with Crippen LogP contribution in [0.5, 0.6) is 0 Å². The average Bonchev–Trinajstić information content (AvgIpc) is 2.55. The normalized spacial score (nSPS) is 21.5. The second-order valence-corrected chi connectivity index (χ2v) is 3.77. The second-order valence-electron chi connectivity index (χ2n) is 3.77. The van der Waals surface area contributed by atoms with Crippen LogP contribution in [0.1, 0.15) is 25.7 Å². The molecule has 0 aromatic rings. The Morgan fingerprint density at radius 1 is 1.17 bits per heavy atom. The van der Waals surface area contributed by atoms with Crippen molar-refractivity contribution in [1.29, 1.82) is 0 Å². The van der Waals surface area contributed by atoms with Crippen molar-refractivity contribution in [2.24, 2.45) is 5.41 Å². The molecule has 0 radical (unpaired) electrons. The van der Waals surface area contributed by atoms with E-state index in [0.717, 1.165) is 19.4 Å². The Morgan fingerprint density at radius 2 is 1.83 bits per heavy atom. The van der Waals surface area contributed by atoms with E-state index in [2.05, 4.69) is 5.32 Å². The van der Waals surface area contributed by atoms with Crippen LogP contribution in [0.4, 0.5) is 0 Å². The summed E-state index contributed by atoms with van der Waals surface area (Å²) in [4.78, 5) is 0. The highest BCUT2D eigenvalue weighted by molar-refractivity contribution is 4.85. The van der Waals surface area contributed by atoms with Crippen molar-refractivity contribution < 1.29 is 10.2 Å². The lowest BCUT2D eigenvalue weighted by Gasteiger charge is -2.26. The maximum Gasteiger partial charge on any atom is 0.0555 e. The Balaban J connectivity index is 2.24. The van der Waals surface area contributed by atoms with Crippen LogP contribution in [0.3, 0.4) is 0 Å². The van der Waals surface area contributed by atoms with E-state index >= 15 is 0 Å². The van der Waals surface area contributed by atoms with Gasteiger partial charge in [0.25, 0.3) is 0 Å². The van der Waals surface area contributed by atoms with E-state index in [1.807, 2.05) is 0 Å². The molecule has 12 heavy (non-hydrogen) atoms. The van der Waals surface area contributed by atoms with Crippen LogP contribution in [0.25, 0.3) is 0 Å². The summed E-state index contributed by atoms with van der Waals surface area (Å²) in [6.45, 7) is 1.96. The molecule has 3 heteroatoms. The molecule has 0 heterocycles. The number of nitrogens with one attached hydrogen (secondary N) is 1. The molecule has 1 rings (SSSR count). The highest BCUT2D eigenvalue weighted by Crippen LogP contribution is 2.36. The van der Waals surface area contributed by atoms with Gasteiger partial charge in [0.05, 0.1) is 6.61 Å². The van der Waals surface area contributed by atoms with Gasteiger partial charge in [-0.15, -0.1) is 0 Å². The fraction of sp³-hybridized carbons (Fsp3) is 1.00. The first-order chi connectivity index (χ1) is 5.83. The summed E-state index contributed by atoms with van der Waals surface area (Å²) in [6.07, 6.45) is 4.73. The highest BCUT2D eigenvalue weighted by Gasteiger charge is 2.32. The van der Waals surface area contributed by atoms with Gasteiger partial charge in [-0.2, -0.15) is 0 Å². The van der Waals surface area contributed by atoms with Gasteiger partial charge in [0, 0.05) is 25.1 Å². The number of aliphatic hydroxyl groups is 2. The molecule has 0 spiro atoms. The number of hydrogen-bond acceptors (Lipinski definition) is 3. The molecular weight excluding hydrogens is 154 g/mol. The third-order valence-corrected chi connectivity index (χ3v) is 2.79. The summed E-state index contributed by atoms with van der Waals surface area (Å²) >= 11 is 0. The quantitative estimate of drug-likeness (QED) is 0.518. The van der Waals surface area contributed by atoms with Crippen LogP contribution < -0.4 is 5.32 Å². The molecule has 0 aromatic heterocycles. The van der Waals surface area contributed by atoms with Crippen LogP contribution >= 0.6 is 0 Å². The van der Waals surface area contributed by atoms with E-state index in [4.69, 9.17) is 5.11 Å². The molecular formula is C9H19NO2. The summed E-state index contributed by atoms with van der Waals surface area (Å²) in [5, 5.41) is 20.9. The third kappa shape index (κ3) is 2.44. The molecule has 1 fully saturated rings. The lowest BCUT2D eigenvalue weighted by molar-refractivity contribution is 0.126. The van der Waals surface area contributed by atoms with E-state index < -0.39 is 0 Å². The van der Waals surface area contributed by atoms with Gasteiger partial charge < -0.3 is 15.5 Å². The Hall–Kier alpha value is -0.120. The zero-order valence-corrected chi connectivity index (χ0v) is 7.55. The maximum atomic E-state index is 9.21. The Kier molecular flexibility index (Phi) is 3.98. The number of hydrogen-bond donors (Lipinski definition) is 3. The summed E-state index contributed by atoms with van der Waals surface area (Å²) in [6, 6.07) is 0. The van der Waals surface area contributed by atoms with E-state index in [-0.39, 0.29) is 18.6 Å². The number of rotatable bonds is 5. The molecule has 1 aliphatic rings. The molecule has 0 bridgehead atoms. The van der Waals surface area contributed by atoms with Crippen molar-refractivity contribution in [1.82, 2.24) is 5.32 Å². The van der Waals surface area contributed by atoms with Crippen LogP contribution in [-0.4, -0.2) is 36.5 Å². The third-order valence-electron chi connectivity index (χ3n) is 2.79. The van der Waals surface area contributed by atoms with Gasteiger partial charge in [0.1, 0.15) is 0 Å². The Morgan fingerprint density at radius 3 is 2.33 bits per heavy atom. The first kappa shape index (κ1) is 9.96. The SMILES string of the molecule is OCCNCC1(CO)CCCC1. The lowest BCUT2D eigenvalue weighted by Crippen LogP contribution is -2.36. The zero-order chi connectivity index (χ0) is 8.86. The second kappa shape index (κ2) is 4.80. The standard InChI is InChI=1S/C9H19NO2/c11-6-5-10-7-9(8-12)3-1-2-4-9/h10-12H,1-8H2. The summed E-state index contributed by atoms with van der Waals surface area (Å²) < 4.78 is 0. The van der Waals surface area contributed by atoms with Crippen molar-refractivity contribution in [2.75, 3.05) is 26.3 Å². The van der Waals surface area contributed by atoms with Crippen LogP contribution in [-0.2, 0) is 0 Å². The summed E-state index contributed by atoms with van der Waals surface area (Å²) in [7, 11) is 0. The minimum atomic E-state index is 0.120. The van der Waals surface area contributed by atoms with Crippen molar-refractivity contribution in [3.63, 3.8) is 0 Å². The molecule has 0 aromatic carbocycles. The molecule has 0 saturated heterocycles. The number of aliphatic hydroxyl groups excluding tert-OH is 2. The predicted octanol–water partition coefficient (Wildman–Crippen LogP) is 0.121. The first-order valence-corrected chi connectivity index (χ1v) is 4.75. The van der Waals surface area contributed by atoms with Gasteiger partial charge >= 0.3 is 0 Å². The largest absolute Gasteiger partial charge is 0.396 e. The van der Waals surface area contributed by atoms with E-state index in [0.29, 0.717) is 6.54 Å². The zero-order valence-electron chi connectivity index (χ0n) is 7.55. The van der Waals surface area contributed by atoms with Crippen LogP contribution in [0, 0.1) is 5.41 Å². The van der Waals surface area contributed by atoms with Crippen molar-refractivity contribution in [2.45, 2.75) is 25.7 Å².